The zero-order chi connectivity index (χ0) is 37.2. The van der Waals surface area contributed by atoms with Crippen molar-refractivity contribution >= 4 is 36.0 Å². The molecular formula is C44H46Cl2FN3O4. The Kier molecular flexibility index (Phi) is 14.5. The fourth-order valence-electron chi connectivity index (χ4n) is 6.05. The molecule has 7 nitrogen and oxygen atoms in total. The predicted octanol–water partition coefficient (Wildman–Crippen LogP) is 10.1. The van der Waals surface area contributed by atoms with Gasteiger partial charge in [0.05, 0.1) is 17.8 Å². The van der Waals surface area contributed by atoms with Crippen LogP contribution in [-0.4, -0.2) is 53.5 Å². The maximum Gasteiger partial charge on any atom is 0.246 e. The molecule has 1 aliphatic heterocycles. The average molecular weight is 771 g/mol. The molecule has 2 heterocycles. The van der Waals surface area contributed by atoms with Gasteiger partial charge in [-0.05, 0) is 94.8 Å². The Morgan fingerprint density at radius 1 is 0.852 bits per heavy atom. The number of ether oxygens (including phenoxy) is 3. The van der Waals surface area contributed by atoms with Crippen molar-refractivity contribution in [2.24, 2.45) is 0 Å². The summed E-state index contributed by atoms with van der Waals surface area (Å²) in [6, 6.07) is 30.4. The molecule has 1 amide bonds. The van der Waals surface area contributed by atoms with Crippen molar-refractivity contribution in [3.05, 3.63) is 154 Å². The van der Waals surface area contributed by atoms with Crippen LogP contribution in [0.4, 0.5) is 4.39 Å². The van der Waals surface area contributed by atoms with Crippen molar-refractivity contribution in [2.45, 2.75) is 46.3 Å². The summed E-state index contributed by atoms with van der Waals surface area (Å²) >= 11 is 6.64. The van der Waals surface area contributed by atoms with Crippen LogP contribution in [0.3, 0.4) is 0 Å². The van der Waals surface area contributed by atoms with E-state index in [1.165, 1.54) is 28.8 Å². The maximum absolute atomic E-state index is 13.1. The van der Waals surface area contributed by atoms with Crippen LogP contribution in [0.15, 0.2) is 109 Å². The molecule has 0 bridgehead atoms. The van der Waals surface area contributed by atoms with E-state index < -0.39 is 0 Å². The molecule has 0 N–H and O–H groups in total. The average Bonchev–Trinajstić information content (AvgIpc) is 3.17. The van der Waals surface area contributed by atoms with Crippen LogP contribution >= 0.6 is 24.0 Å². The summed E-state index contributed by atoms with van der Waals surface area (Å²) in [5, 5.41) is 0.434. The molecule has 1 fully saturated rings. The number of aromatic nitrogens is 1. The molecule has 0 radical (unpaired) electrons. The first-order valence-corrected chi connectivity index (χ1v) is 18.4. The van der Waals surface area contributed by atoms with Crippen LogP contribution in [0.5, 0.6) is 23.1 Å². The van der Waals surface area contributed by atoms with Crippen molar-refractivity contribution in [1.29, 1.82) is 0 Å². The molecular weight excluding hydrogens is 724 g/mol. The number of carbonyl (C=O) groups excluding carboxylic acids is 1. The molecule has 1 saturated heterocycles. The number of pyridine rings is 1. The van der Waals surface area contributed by atoms with Crippen LogP contribution < -0.4 is 14.2 Å². The van der Waals surface area contributed by atoms with Crippen molar-refractivity contribution in [1.82, 2.24) is 14.8 Å². The molecule has 0 unspecified atom stereocenters. The summed E-state index contributed by atoms with van der Waals surface area (Å²) < 4.78 is 30.8. The molecule has 4 aromatic carbocycles. The minimum Gasteiger partial charge on any atom is -0.493 e. The largest absolute Gasteiger partial charge is 0.493 e. The van der Waals surface area contributed by atoms with Crippen molar-refractivity contribution in [3.63, 3.8) is 0 Å². The summed E-state index contributed by atoms with van der Waals surface area (Å²) in [7, 11) is 0. The quantitative estimate of drug-likeness (QED) is 0.105. The molecule has 0 atom stereocenters. The lowest BCUT2D eigenvalue weighted by molar-refractivity contribution is -0.127. The van der Waals surface area contributed by atoms with E-state index in [1.54, 1.807) is 42.6 Å². The number of carbonyl (C=O) groups is 1. The molecule has 5 aromatic rings. The first-order valence-electron chi connectivity index (χ1n) is 18.0. The summed E-state index contributed by atoms with van der Waals surface area (Å²) in [5.74, 6) is 2.43. The molecule has 0 saturated carbocycles. The zero-order valence-electron chi connectivity index (χ0n) is 30.8. The Morgan fingerprint density at radius 2 is 1.52 bits per heavy atom. The van der Waals surface area contributed by atoms with Gasteiger partial charge >= 0.3 is 0 Å². The molecule has 1 aliphatic rings. The molecule has 6 rings (SSSR count). The lowest BCUT2D eigenvalue weighted by Crippen LogP contribution is -2.47. The SMILES string of the molecule is Cc1cc(C=CC(=O)N2CCN(Cc3ccc(CCOc4ccc(F)cc4)cc3)CC2)cc(Cl)c1Oc1ccc(OCc2ccc(C(C)C)cc2)cn1.Cl. The van der Waals surface area contributed by atoms with Crippen molar-refractivity contribution in [2.75, 3.05) is 32.8 Å². The lowest BCUT2D eigenvalue weighted by atomic mass is 10.0. The highest BCUT2D eigenvalue weighted by molar-refractivity contribution is 6.32. The van der Waals surface area contributed by atoms with Gasteiger partial charge in [-0.1, -0.05) is 74.0 Å². The van der Waals surface area contributed by atoms with Gasteiger partial charge in [-0.15, -0.1) is 12.4 Å². The van der Waals surface area contributed by atoms with Gasteiger partial charge in [0.2, 0.25) is 11.8 Å². The third kappa shape index (κ3) is 11.6. The Morgan fingerprint density at radius 3 is 2.17 bits per heavy atom. The fraction of sp³-hybridized carbons (Fsp3) is 0.273. The van der Waals surface area contributed by atoms with E-state index in [1.807, 2.05) is 24.0 Å². The zero-order valence-corrected chi connectivity index (χ0v) is 32.4. The van der Waals surface area contributed by atoms with E-state index >= 15 is 0 Å². The van der Waals surface area contributed by atoms with E-state index in [0.717, 1.165) is 42.7 Å². The molecule has 0 spiro atoms. The number of nitrogens with zero attached hydrogens (tertiary/aromatic N) is 3. The third-order valence-electron chi connectivity index (χ3n) is 9.22. The van der Waals surface area contributed by atoms with Crippen LogP contribution in [0, 0.1) is 12.7 Å². The summed E-state index contributed by atoms with van der Waals surface area (Å²) in [6.45, 7) is 11.0. The molecule has 282 valence electrons. The van der Waals surface area contributed by atoms with Crippen LogP contribution in [0.1, 0.15) is 53.1 Å². The number of rotatable bonds is 14. The second-order valence-electron chi connectivity index (χ2n) is 13.6. The number of piperazine rings is 1. The van der Waals surface area contributed by atoms with Gasteiger partial charge < -0.3 is 19.1 Å². The van der Waals surface area contributed by atoms with Gasteiger partial charge in [-0.3, -0.25) is 9.69 Å². The van der Waals surface area contributed by atoms with E-state index in [-0.39, 0.29) is 24.1 Å². The minimum atomic E-state index is -0.272. The van der Waals surface area contributed by atoms with Crippen molar-refractivity contribution in [3.8, 4) is 23.1 Å². The first-order chi connectivity index (χ1) is 25.7. The van der Waals surface area contributed by atoms with Gasteiger partial charge in [0.1, 0.15) is 23.9 Å². The highest BCUT2D eigenvalue weighted by atomic mass is 35.5. The first kappa shape index (κ1) is 40.3. The minimum absolute atomic E-state index is 0. The highest BCUT2D eigenvalue weighted by Crippen LogP contribution is 2.34. The molecule has 1 aromatic heterocycles. The van der Waals surface area contributed by atoms with Gasteiger partial charge in [-0.25, -0.2) is 9.37 Å². The second-order valence-corrected chi connectivity index (χ2v) is 14.0. The van der Waals surface area contributed by atoms with E-state index in [2.05, 4.69) is 72.3 Å². The smallest absolute Gasteiger partial charge is 0.246 e. The van der Waals surface area contributed by atoms with Gasteiger partial charge in [-0.2, -0.15) is 0 Å². The Hall–Kier alpha value is -4.89. The topological polar surface area (TPSA) is 64.1 Å². The lowest BCUT2D eigenvalue weighted by Gasteiger charge is -2.34. The summed E-state index contributed by atoms with van der Waals surface area (Å²) in [5.41, 5.74) is 6.45. The van der Waals surface area contributed by atoms with E-state index in [9.17, 15) is 9.18 Å². The monoisotopic (exact) mass is 769 g/mol. The number of halogens is 3. The fourth-order valence-corrected chi connectivity index (χ4v) is 6.37. The van der Waals surface area contributed by atoms with E-state index in [0.29, 0.717) is 60.4 Å². The predicted molar refractivity (Wildman–Crippen MR) is 216 cm³/mol. The number of hydrogen-bond acceptors (Lipinski definition) is 6. The Bertz CT molecular complexity index is 1960. The second kappa shape index (κ2) is 19.4. The van der Waals surface area contributed by atoms with Crippen molar-refractivity contribution < 1.29 is 23.4 Å². The van der Waals surface area contributed by atoms with Gasteiger partial charge in [0.25, 0.3) is 0 Å². The molecule has 10 heteroatoms. The van der Waals surface area contributed by atoms with Gasteiger partial charge in [0, 0.05) is 51.3 Å². The highest BCUT2D eigenvalue weighted by Gasteiger charge is 2.20. The van der Waals surface area contributed by atoms with Crippen LogP contribution in [0.2, 0.25) is 5.02 Å². The standard InChI is InChI=1S/C44H45ClFN3O4.ClH/c1-31(2)37-11-8-35(9-12-37)30-52-40-17-18-42(47-28-40)53-44-32(3)26-36(27-41(44)45)10-19-43(50)49-23-21-48(22-24-49)29-34-6-4-33(5-7-34)20-25-51-39-15-13-38(46)14-16-39;/h4-19,26-28,31H,20-25,29-30H2,1-3H3;1H. The maximum atomic E-state index is 13.1. The molecule has 0 aliphatic carbocycles. The van der Waals surface area contributed by atoms with Crippen LogP contribution in [-0.2, 0) is 24.4 Å². The summed E-state index contributed by atoms with van der Waals surface area (Å²) in [6.07, 6.45) is 5.81. The Balaban J connectivity index is 0.00000561. The van der Waals surface area contributed by atoms with E-state index in [4.69, 9.17) is 25.8 Å². The Labute approximate surface area is 328 Å². The normalized spacial score (nSPS) is 13.2. The van der Waals surface area contributed by atoms with Crippen LogP contribution in [0.25, 0.3) is 6.08 Å². The summed E-state index contributed by atoms with van der Waals surface area (Å²) in [4.78, 5) is 21.7. The van der Waals surface area contributed by atoms with Gasteiger partial charge in [0.15, 0.2) is 5.75 Å². The third-order valence-corrected chi connectivity index (χ3v) is 9.50. The molecule has 54 heavy (non-hydrogen) atoms. The number of benzene rings is 4. The number of hydrogen-bond donors (Lipinski definition) is 0. The number of amides is 1. The number of aryl methyl sites for hydroxylation is 1.